The van der Waals surface area contributed by atoms with Gasteiger partial charge in [0.25, 0.3) is 0 Å². The standard InChI is InChI=1S/C36H48N2O11/c1-7-37-17-32(49-30(41)19-10-8-9-11-21(19)38-24(39)14-18(2)29(38)40)13-12-23(46-4)35-27(32)28(48-6)36(44,31(35)37)34(43)16-22(45-3)20-15-33(35,42)26(34)25(20)47-5/h8-11,18,20,22-23,25-28,31,42-44H,7,12-17H2,1-6H3. The number of para-hydroxylation sites is 1. The lowest BCUT2D eigenvalue weighted by Gasteiger charge is -2.71. The fourth-order valence-corrected chi connectivity index (χ4v) is 12.8. The van der Waals surface area contributed by atoms with Gasteiger partial charge < -0.3 is 39.0 Å². The molecule has 2 amide bonds. The first kappa shape index (κ1) is 33.6. The van der Waals surface area contributed by atoms with Gasteiger partial charge in [-0.25, -0.2) is 9.69 Å². The minimum Gasteiger partial charge on any atom is -0.454 e. The molecule has 8 rings (SSSR count). The molecule has 2 aliphatic heterocycles. The van der Waals surface area contributed by atoms with Crippen molar-refractivity contribution >= 4 is 23.5 Å². The van der Waals surface area contributed by atoms with Gasteiger partial charge in [-0.3, -0.25) is 14.5 Å². The van der Waals surface area contributed by atoms with Crippen LogP contribution in [0, 0.1) is 29.1 Å². The summed E-state index contributed by atoms with van der Waals surface area (Å²) >= 11 is 0. The van der Waals surface area contributed by atoms with E-state index < -0.39 is 82.0 Å². The Bertz CT molecular complexity index is 1590. The van der Waals surface area contributed by atoms with Gasteiger partial charge in [0, 0.05) is 71.5 Å². The molecule has 1 spiro atoms. The SMILES string of the molecule is CCN1CC2(OC(=O)c3ccccc3N3C(=O)CC(C)C3=O)CCC(OC)C34C2C(OC)C(O)(C13)C1(O)CC(OC)C2CC4(O)C1C2OC. The number of imide groups is 1. The Balaban J connectivity index is 1.32. The summed E-state index contributed by atoms with van der Waals surface area (Å²) in [5, 5.41) is 40.1. The zero-order valence-electron chi connectivity index (χ0n) is 29.0. The predicted octanol–water partition coefficient (Wildman–Crippen LogP) is 0.902. The first-order chi connectivity index (χ1) is 23.3. The van der Waals surface area contributed by atoms with E-state index in [1.165, 1.54) is 7.11 Å². The van der Waals surface area contributed by atoms with Gasteiger partial charge in [0.1, 0.15) is 16.8 Å². The van der Waals surface area contributed by atoms with Crippen molar-refractivity contribution in [2.75, 3.05) is 46.4 Å². The summed E-state index contributed by atoms with van der Waals surface area (Å²) < 4.78 is 31.4. The average Bonchev–Trinajstić information content (AvgIpc) is 3.58. The summed E-state index contributed by atoms with van der Waals surface area (Å²) in [5.74, 6) is -4.02. The lowest BCUT2D eigenvalue weighted by atomic mass is 9.42. The number of ether oxygens (including phenoxy) is 5. The van der Waals surface area contributed by atoms with Gasteiger partial charge in [0.15, 0.2) is 0 Å². The number of amides is 2. The largest absolute Gasteiger partial charge is 0.454 e. The highest BCUT2D eigenvalue weighted by atomic mass is 16.6. The number of esters is 1. The smallest absolute Gasteiger partial charge is 0.340 e. The van der Waals surface area contributed by atoms with Gasteiger partial charge in [-0.2, -0.15) is 0 Å². The summed E-state index contributed by atoms with van der Waals surface area (Å²) in [6, 6.07) is 5.60. The molecule has 0 radical (unpaired) electrons. The lowest BCUT2D eigenvalue weighted by molar-refractivity contribution is -0.360. The number of fused-ring (bicyclic) bond motifs is 2. The number of carbonyl (C=O) groups is 3. The Morgan fingerprint density at radius 1 is 0.959 bits per heavy atom. The van der Waals surface area contributed by atoms with Crippen LogP contribution >= 0.6 is 0 Å². The molecule has 1 aromatic carbocycles. The Hall–Kier alpha value is -2.49. The summed E-state index contributed by atoms with van der Waals surface area (Å²) in [6.07, 6.45) is -1.79. The molecular formula is C36H48N2O11. The third-order valence-electron chi connectivity index (χ3n) is 14.2. The second-order valence-corrected chi connectivity index (χ2v) is 15.6. The van der Waals surface area contributed by atoms with Gasteiger partial charge in [-0.05, 0) is 37.9 Å². The third-order valence-corrected chi connectivity index (χ3v) is 14.2. The third kappa shape index (κ3) is 3.61. The Morgan fingerprint density at radius 2 is 1.69 bits per heavy atom. The molecule has 14 atom stereocenters. The molecule has 0 aromatic heterocycles. The molecular weight excluding hydrogens is 636 g/mol. The van der Waals surface area contributed by atoms with Crippen molar-refractivity contribution in [1.29, 1.82) is 0 Å². The quantitative estimate of drug-likeness (QED) is 0.262. The van der Waals surface area contributed by atoms with E-state index in [0.717, 1.165) is 4.90 Å². The van der Waals surface area contributed by atoms with Gasteiger partial charge in [-0.15, -0.1) is 0 Å². The number of hydrogen-bond acceptors (Lipinski definition) is 12. The highest BCUT2D eigenvalue weighted by Gasteiger charge is 2.96. The molecule has 7 aliphatic rings. The molecule has 3 N–H and O–H groups in total. The van der Waals surface area contributed by atoms with Crippen molar-refractivity contribution < 1.29 is 53.4 Å². The molecule has 2 heterocycles. The average molecular weight is 685 g/mol. The number of aliphatic hydroxyl groups is 3. The van der Waals surface area contributed by atoms with Gasteiger partial charge in [-0.1, -0.05) is 26.0 Å². The summed E-state index contributed by atoms with van der Waals surface area (Å²) in [5.41, 5.74) is -7.89. The van der Waals surface area contributed by atoms with E-state index >= 15 is 0 Å². The van der Waals surface area contributed by atoms with Crippen LogP contribution in [0.25, 0.3) is 0 Å². The molecule has 7 bridgehead atoms. The molecule has 7 fully saturated rings. The predicted molar refractivity (Wildman–Crippen MR) is 171 cm³/mol. The number of likely N-dealkylation sites (N-methyl/N-ethyl adjacent to an activating group) is 1. The Labute approximate surface area is 285 Å². The normalized spacial score (nSPS) is 49.5. The first-order valence-electron chi connectivity index (χ1n) is 17.5. The number of hydrogen-bond donors (Lipinski definition) is 3. The van der Waals surface area contributed by atoms with Crippen molar-refractivity contribution in [1.82, 2.24) is 4.90 Å². The number of nitrogens with zero attached hydrogens (tertiary/aromatic N) is 2. The minimum atomic E-state index is -1.96. The van der Waals surface area contributed by atoms with Crippen LogP contribution in [0.5, 0.6) is 0 Å². The van der Waals surface area contributed by atoms with Crippen molar-refractivity contribution in [3.63, 3.8) is 0 Å². The summed E-state index contributed by atoms with van der Waals surface area (Å²) in [7, 11) is 6.21. The summed E-state index contributed by atoms with van der Waals surface area (Å²) in [6.45, 7) is 4.23. The van der Waals surface area contributed by atoms with E-state index in [-0.39, 0.29) is 54.8 Å². The topological polar surface area (TPSA) is 165 Å². The maximum atomic E-state index is 14.6. The van der Waals surface area contributed by atoms with Crippen LogP contribution in [0.15, 0.2) is 24.3 Å². The zero-order valence-corrected chi connectivity index (χ0v) is 29.0. The van der Waals surface area contributed by atoms with E-state index in [4.69, 9.17) is 23.7 Å². The number of piperidine rings is 1. The maximum Gasteiger partial charge on any atom is 0.340 e. The fourth-order valence-electron chi connectivity index (χ4n) is 12.8. The van der Waals surface area contributed by atoms with Crippen LogP contribution < -0.4 is 4.90 Å². The molecule has 1 aromatic rings. The van der Waals surface area contributed by atoms with Crippen molar-refractivity contribution in [2.24, 2.45) is 29.1 Å². The van der Waals surface area contributed by atoms with Gasteiger partial charge >= 0.3 is 5.97 Å². The van der Waals surface area contributed by atoms with Crippen LogP contribution in [0.2, 0.25) is 0 Å². The highest BCUT2D eigenvalue weighted by molar-refractivity contribution is 6.22. The maximum absolute atomic E-state index is 14.6. The number of benzene rings is 1. The highest BCUT2D eigenvalue weighted by Crippen LogP contribution is 2.80. The molecule has 13 nitrogen and oxygen atoms in total. The van der Waals surface area contributed by atoms with Crippen LogP contribution in [-0.2, 0) is 33.3 Å². The molecule has 13 heteroatoms. The van der Waals surface area contributed by atoms with Crippen molar-refractivity contribution in [2.45, 2.75) is 98.8 Å². The van der Waals surface area contributed by atoms with Crippen LogP contribution in [0.3, 0.4) is 0 Å². The van der Waals surface area contributed by atoms with Crippen LogP contribution in [0.1, 0.15) is 56.3 Å². The fraction of sp³-hybridized carbons (Fsp3) is 0.750. The number of likely N-dealkylation sites (tertiary alicyclic amines) is 1. The number of rotatable bonds is 8. The van der Waals surface area contributed by atoms with Gasteiger partial charge in [0.2, 0.25) is 11.8 Å². The van der Waals surface area contributed by atoms with E-state index in [2.05, 4.69) is 0 Å². The monoisotopic (exact) mass is 684 g/mol. The second-order valence-electron chi connectivity index (χ2n) is 15.6. The van der Waals surface area contributed by atoms with E-state index in [0.29, 0.717) is 19.4 Å². The first-order valence-corrected chi connectivity index (χ1v) is 17.5. The number of anilines is 1. The zero-order chi connectivity index (χ0) is 35.1. The van der Waals surface area contributed by atoms with Gasteiger partial charge in [0.05, 0.1) is 52.7 Å². The lowest BCUT2D eigenvalue weighted by Crippen LogP contribution is -2.87. The molecule has 14 unspecified atom stereocenters. The van der Waals surface area contributed by atoms with Crippen LogP contribution in [-0.4, -0.2) is 132 Å². The number of methoxy groups -OCH3 is 4. The molecule has 5 saturated carbocycles. The van der Waals surface area contributed by atoms with E-state index in [1.54, 1.807) is 52.5 Å². The van der Waals surface area contributed by atoms with E-state index in [1.807, 2.05) is 11.8 Å². The number of carbonyl (C=O) groups excluding carboxylic acids is 3. The molecule has 268 valence electrons. The molecule has 49 heavy (non-hydrogen) atoms. The van der Waals surface area contributed by atoms with Crippen molar-refractivity contribution in [3.05, 3.63) is 29.8 Å². The van der Waals surface area contributed by atoms with E-state index in [9.17, 15) is 29.7 Å². The Morgan fingerprint density at radius 3 is 2.31 bits per heavy atom. The molecule has 2 saturated heterocycles. The Kier molecular flexibility index (Phi) is 7.39. The van der Waals surface area contributed by atoms with Crippen LogP contribution in [0.4, 0.5) is 5.69 Å². The second kappa shape index (κ2) is 10.8. The molecule has 5 aliphatic carbocycles. The van der Waals surface area contributed by atoms with Crippen molar-refractivity contribution in [3.8, 4) is 0 Å². The summed E-state index contributed by atoms with van der Waals surface area (Å²) in [4.78, 5) is 43.7. The minimum absolute atomic E-state index is 0.0478.